The maximum Gasteiger partial charge on any atom is 0.244 e. The van der Waals surface area contributed by atoms with Gasteiger partial charge >= 0.3 is 0 Å². The summed E-state index contributed by atoms with van der Waals surface area (Å²) in [5, 5.41) is 1.02. The molecule has 3 aromatic heterocycles. The third kappa shape index (κ3) is 3.16. The minimum absolute atomic E-state index is 0.730. The lowest BCUT2D eigenvalue weighted by atomic mass is 10.1. The van der Waals surface area contributed by atoms with Crippen molar-refractivity contribution in [3.05, 3.63) is 109 Å². The second-order valence-corrected chi connectivity index (χ2v) is 6.66. The Labute approximate surface area is 163 Å². The molecule has 0 aliphatic rings. The molecule has 0 fully saturated rings. The van der Waals surface area contributed by atoms with Crippen LogP contribution in [-0.2, 0) is 6.54 Å². The summed E-state index contributed by atoms with van der Waals surface area (Å²) in [6.07, 6.45) is 9.18. The first-order valence-electron chi connectivity index (χ1n) is 9.22. The molecule has 5 rings (SSSR count). The average Bonchev–Trinajstić information content (AvgIpc) is 3.22. The molecule has 28 heavy (non-hydrogen) atoms. The maximum atomic E-state index is 4.85. The van der Waals surface area contributed by atoms with Crippen molar-refractivity contribution < 1.29 is 4.57 Å². The molecule has 0 bridgehead atoms. The number of hydrogen-bond acceptors (Lipinski definition) is 2. The van der Waals surface area contributed by atoms with Gasteiger partial charge in [0.25, 0.3) is 0 Å². The van der Waals surface area contributed by atoms with Crippen LogP contribution < -0.4 is 4.57 Å². The van der Waals surface area contributed by atoms with E-state index in [-0.39, 0.29) is 0 Å². The van der Waals surface area contributed by atoms with Gasteiger partial charge in [-0.2, -0.15) is 0 Å². The van der Waals surface area contributed by atoms with E-state index in [4.69, 9.17) is 4.98 Å². The summed E-state index contributed by atoms with van der Waals surface area (Å²) in [5.41, 5.74) is 4.14. The summed E-state index contributed by atoms with van der Waals surface area (Å²) < 4.78 is 3.98. The van der Waals surface area contributed by atoms with E-state index in [9.17, 15) is 0 Å². The van der Waals surface area contributed by atoms with Crippen molar-refractivity contribution in [3.63, 3.8) is 0 Å². The van der Waals surface area contributed by atoms with Crippen molar-refractivity contribution >= 4 is 11.0 Å². The molecular formula is C24H18N4. The number of hydrogen-bond donors (Lipinski definition) is 0. The predicted octanol–water partition coefficient (Wildman–Crippen LogP) is 4.22. The molecule has 0 aliphatic heterocycles. The minimum Gasteiger partial charge on any atom is -0.316 e. The van der Waals surface area contributed by atoms with Crippen LogP contribution in [0.4, 0.5) is 0 Å². The average molecular weight is 362 g/mol. The van der Waals surface area contributed by atoms with Gasteiger partial charge < -0.3 is 9.13 Å². The van der Waals surface area contributed by atoms with Crippen LogP contribution in [0.25, 0.3) is 28.0 Å². The molecule has 0 unspecified atom stereocenters. The fraction of sp³-hybridized carbons (Fsp3) is 0.0417. The van der Waals surface area contributed by atoms with Gasteiger partial charge in [-0.05, 0) is 29.3 Å². The topological polar surface area (TPSA) is 34.6 Å². The van der Waals surface area contributed by atoms with Crippen molar-refractivity contribution in [1.29, 1.82) is 0 Å². The van der Waals surface area contributed by atoms with Crippen molar-refractivity contribution in [3.8, 4) is 16.9 Å². The SMILES string of the molecule is [c-]1n(-c2nc3ncccc3cc2-c2ccccc2)cc[n+]1Cc1ccccc1. The molecule has 0 saturated carbocycles. The van der Waals surface area contributed by atoms with Gasteiger partial charge in [-0.3, -0.25) is 0 Å². The first-order chi connectivity index (χ1) is 13.9. The molecule has 0 aliphatic carbocycles. The fourth-order valence-corrected chi connectivity index (χ4v) is 3.35. The zero-order valence-electron chi connectivity index (χ0n) is 15.2. The van der Waals surface area contributed by atoms with Crippen LogP contribution in [0.3, 0.4) is 0 Å². The number of fused-ring (bicyclic) bond motifs is 1. The van der Waals surface area contributed by atoms with Crippen molar-refractivity contribution in [2.24, 2.45) is 0 Å². The van der Waals surface area contributed by atoms with Gasteiger partial charge in [0.2, 0.25) is 6.33 Å². The van der Waals surface area contributed by atoms with E-state index in [0.29, 0.717) is 0 Å². The van der Waals surface area contributed by atoms with Crippen molar-refractivity contribution in [1.82, 2.24) is 14.5 Å². The van der Waals surface area contributed by atoms with Gasteiger partial charge in [0, 0.05) is 29.5 Å². The molecule has 4 heteroatoms. The second-order valence-electron chi connectivity index (χ2n) is 6.66. The Hall–Kier alpha value is -3.79. The molecule has 4 nitrogen and oxygen atoms in total. The smallest absolute Gasteiger partial charge is 0.244 e. The summed E-state index contributed by atoms with van der Waals surface area (Å²) in [4.78, 5) is 9.28. The van der Waals surface area contributed by atoms with Crippen molar-refractivity contribution in [2.45, 2.75) is 6.54 Å². The first-order valence-corrected chi connectivity index (χ1v) is 9.22. The highest BCUT2D eigenvalue weighted by molar-refractivity contribution is 5.84. The Morgan fingerprint density at radius 3 is 2.50 bits per heavy atom. The van der Waals surface area contributed by atoms with E-state index >= 15 is 0 Å². The second kappa shape index (κ2) is 7.08. The number of rotatable bonds is 4. The zero-order valence-corrected chi connectivity index (χ0v) is 15.2. The lowest BCUT2D eigenvalue weighted by Gasteiger charge is -2.12. The predicted molar refractivity (Wildman–Crippen MR) is 109 cm³/mol. The summed E-state index contributed by atoms with van der Waals surface area (Å²) in [6, 6.07) is 26.8. The highest BCUT2D eigenvalue weighted by atomic mass is 15.2. The molecule has 3 heterocycles. The monoisotopic (exact) mass is 362 g/mol. The molecular weight excluding hydrogens is 344 g/mol. The van der Waals surface area contributed by atoms with Gasteiger partial charge in [-0.1, -0.05) is 60.7 Å². The number of pyridine rings is 2. The van der Waals surface area contributed by atoms with E-state index in [0.717, 1.165) is 34.5 Å². The number of aromatic nitrogens is 4. The standard InChI is InChI=1S/C24H18N4/c1-3-8-19(9-4-1)17-27-14-15-28(18-27)24-22(20-10-5-2-6-11-20)16-21-12-7-13-25-23(21)26-24/h1-16H,17H2. The fourth-order valence-electron chi connectivity index (χ4n) is 3.35. The maximum absolute atomic E-state index is 4.85. The van der Waals surface area contributed by atoms with Crippen LogP contribution in [0, 0.1) is 6.33 Å². The minimum atomic E-state index is 0.730. The van der Waals surface area contributed by atoms with Crippen LogP contribution in [0.5, 0.6) is 0 Å². The quantitative estimate of drug-likeness (QED) is 0.354. The largest absolute Gasteiger partial charge is 0.316 e. The Bertz CT molecular complexity index is 1230. The van der Waals surface area contributed by atoms with Gasteiger partial charge in [0.15, 0.2) is 11.5 Å². The number of imidazole rings is 1. The molecule has 134 valence electrons. The van der Waals surface area contributed by atoms with Gasteiger partial charge in [-0.25, -0.2) is 9.97 Å². The van der Waals surface area contributed by atoms with Crippen LogP contribution in [0.15, 0.2) is 97.5 Å². The van der Waals surface area contributed by atoms with Crippen molar-refractivity contribution in [2.75, 3.05) is 0 Å². The van der Waals surface area contributed by atoms with E-state index < -0.39 is 0 Å². The summed E-state index contributed by atoms with van der Waals surface area (Å²) in [6.45, 7) is 0.764. The highest BCUT2D eigenvalue weighted by Gasteiger charge is 2.12. The Morgan fingerprint density at radius 2 is 1.68 bits per heavy atom. The molecule has 0 spiro atoms. The summed E-state index contributed by atoms with van der Waals surface area (Å²) in [5.74, 6) is 0.823. The van der Waals surface area contributed by atoms with Gasteiger partial charge in [-0.15, -0.1) is 0 Å². The number of nitrogens with zero attached hydrogens (tertiary/aromatic N) is 4. The van der Waals surface area contributed by atoms with Gasteiger partial charge in [0.05, 0.1) is 6.54 Å². The van der Waals surface area contributed by atoms with Crippen LogP contribution in [0.1, 0.15) is 5.56 Å². The molecule has 0 atom stereocenters. The molecule has 0 radical (unpaired) electrons. The highest BCUT2D eigenvalue weighted by Crippen LogP contribution is 2.28. The van der Waals surface area contributed by atoms with E-state index in [1.807, 2.05) is 57.9 Å². The summed E-state index contributed by atoms with van der Waals surface area (Å²) in [7, 11) is 0. The molecule has 2 aromatic carbocycles. The van der Waals surface area contributed by atoms with Crippen LogP contribution >= 0.6 is 0 Å². The number of benzene rings is 2. The third-order valence-electron chi connectivity index (χ3n) is 4.71. The Kier molecular flexibility index (Phi) is 4.14. The van der Waals surface area contributed by atoms with Gasteiger partial charge in [0.1, 0.15) is 0 Å². The molecule has 0 N–H and O–H groups in total. The molecule has 5 aromatic rings. The Balaban J connectivity index is 1.62. The Morgan fingerprint density at radius 1 is 0.893 bits per heavy atom. The summed E-state index contributed by atoms with van der Waals surface area (Å²) >= 11 is 0. The normalized spacial score (nSPS) is 11.0. The van der Waals surface area contributed by atoms with E-state index in [2.05, 4.69) is 53.8 Å². The molecule has 0 saturated heterocycles. The lowest BCUT2D eigenvalue weighted by Crippen LogP contribution is -2.32. The first kappa shape index (κ1) is 16.4. The third-order valence-corrected chi connectivity index (χ3v) is 4.71. The van der Waals surface area contributed by atoms with E-state index in [1.54, 1.807) is 6.20 Å². The lowest BCUT2D eigenvalue weighted by molar-refractivity contribution is -0.691. The van der Waals surface area contributed by atoms with E-state index in [1.165, 1.54) is 5.56 Å². The molecule has 0 amide bonds. The van der Waals surface area contributed by atoms with Crippen LogP contribution in [0.2, 0.25) is 0 Å². The van der Waals surface area contributed by atoms with Crippen LogP contribution in [-0.4, -0.2) is 14.5 Å². The zero-order chi connectivity index (χ0) is 18.8.